The number of nitrogens with zero attached hydrogens (tertiary/aromatic N) is 2. The molecule has 0 unspecified atom stereocenters. The van der Waals surface area contributed by atoms with E-state index in [1.54, 1.807) is 6.07 Å². The number of aromatic nitrogens is 2. The summed E-state index contributed by atoms with van der Waals surface area (Å²) in [4.78, 5) is 0. The minimum absolute atomic E-state index is 0.256. The van der Waals surface area contributed by atoms with Crippen LogP contribution in [-0.4, -0.2) is 5.11 Å². The van der Waals surface area contributed by atoms with Crippen molar-refractivity contribution >= 4 is 21.8 Å². The molecule has 1 aliphatic rings. The highest BCUT2D eigenvalue weighted by Gasteiger charge is 2.44. The van der Waals surface area contributed by atoms with Crippen molar-refractivity contribution in [2.24, 2.45) is 0 Å². The summed E-state index contributed by atoms with van der Waals surface area (Å²) in [6, 6.07) is 20.0. The quantitative estimate of drug-likeness (QED) is 0.544. The van der Waals surface area contributed by atoms with E-state index < -0.39 is 0 Å². The third kappa shape index (κ3) is 1.88. The lowest BCUT2D eigenvalue weighted by Crippen LogP contribution is -2.60. The molecule has 0 spiro atoms. The zero-order chi connectivity index (χ0) is 17.1. The van der Waals surface area contributed by atoms with Gasteiger partial charge in [-0.15, -0.1) is 0 Å². The lowest BCUT2D eigenvalue weighted by molar-refractivity contribution is -0.952. The Balaban J connectivity index is 1.88. The smallest absolute Gasteiger partial charge is 0.502 e. The summed E-state index contributed by atoms with van der Waals surface area (Å²) in [6.07, 6.45) is -0.363. The lowest BCUT2D eigenvalue weighted by Gasteiger charge is -2.09. The molecular weight excluding hydrogens is 312 g/mol. The Labute approximate surface area is 145 Å². The maximum atomic E-state index is 10.5. The molecule has 1 aliphatic heterocycles. The van der Waals surface area contributed by atoms with Crippen LogP contribution in [0.2, 0.25) is 0 Å². The van der Waals surface area contributed by atoms with Crippen molar-refractivity contribution in [1.82, 2.24) is 0 Å². The van der Waals surface area contributed by atoms with Gasteiger partial charge in [-0.3, -0.25) is 0 Å². The van der Waals surface area contributed by atoms with Crippen LogP contribution in [0.4, 0.5) is 0 Å². The predicted molar refractivity (Wildman–Crippen MR) is 94.5 cm³/mol. The minimum Gasteiger partial charge on any atom is -0.502 e. The lowest BCUT2D eigenvalue weighted by atomic mass is 10.1. The van der Waals surface area contributed by atoms with Gasteiger partial charge in [0.05, 0.1) is 10.8 Å². The molecule has 0 fully saturated rings. The molecule has 3 heterocycles. The molecule has 0 saturated carbocycles. The summed E-state index contributed by atoms with van der Waals surface area (Å²) in [5.74, 6) is 1.12. The summed E-state index contributed by atoms with van der Waals surface area (Å²) < 4.78 is 10.6. The molecule has 4 heteroatoms. The largest absolute Gasteiger partial charge is 0.518 e. The van der Waals surface area contributed by atoms with Crippen LogP contribution in [0, 0.1) is 13.8 Å². The van der Waals surface area contributed by atoms with E-state index in [2.05, 4.69) is 40.3 Å². The molecule has 0 saturated heterocycles. The Morgan fingerprint density at radius 1 is 0.760 bits per heavy atom. The van der Waals surface area contributed by atoms with Crippen LogP contribution in [-0.2, 0) is 0 Å². The van der Waals surface area contributed by atoms with E-state index >= 15 is 0 Å². The van der Waals surface area contributed by atoms with E-state index in [0.29, 0.717) is 0 Å². The molecule has 4 aromatic rings. The molecule has 0 bridgehead atoms. The van der Waals surface area contributed by atoms with Gasteiger partial charge >= 0.3 is 6.35 Å². The number of fused-ring (bicyclic) bond motifs is 1. The second-order valence-corrected chi connectivity index (χ2v) is 6.54. The Bertz CT molecular complexity index is 1170. The first-order chi connectivity index (χ1) is 12.1. The second-order valence-electron chi connectivity index (χ2n) is 6.54. The van der Waals surface area contributed by atoms with Crippen LogP contribution >= 0.6 is 0 Å². The van der Waals surface area contributed by atoms with Gasteiger partial charge in [-0.2, -0.15) is 0 Å². The Hall–Kier alpha value is -3.14. The summed E-state index contributed by atoms with van der Waals surface area (Å²) in [5, 5.41) is 12.7. The summed E-state index contributed by atoms with van der Waals surface area (Å²) in [6.45, 7) is 4.12. The number of hydrogen-bond donors (Lipinski definition) is 1. The topological polar surface area (TPSA) is 37.2 Å². The van der Waals surface area contributed by atoms with Gasteiger partial charge in [0, 0.05) is 26.0 Å². The molecular formula is C21H18N2O2+2. The molecule has 4 nitrogen and oxygen atoms in total. The maximum absolute atomic E-state index is 10.5. The van der Waals surface area contributed by atoms with Crippen molar-refractivity contribution in [3.05, 3.63) is 72.1 Å². The molecule has 0 radical (unpaired) electrons. The summed E-state index contributed by atoms with van der Waals surface area (Å²) in [7, 11) is 0. The van der Waals surface area contributed by atoms with Crippen LogP contribution in [0.5, 0.6) is 11.5 Å². The van der Waals surface area contributed by atoms with Gasteiger partial charge in [-0.25, -0.2) is 0 Å². The third-order valence-electron chi connectivity index (χ3n) is 5.00. The first-order valence-corrected chi connectivity index (χ1v) is 8.38. The van der Waals surface area contributed by atoms with Crippen LogP contribution < -0.4 is 13.9 Å². The van der Waals surface area contributed by atoms with Gasteiger partial charge in [0.15, 0.2) is 17.1 Å². The number of rotatable bonds is 1. The molecule has 5 rings (SSSR count). The Kier molecular flexibility index (Phi) is 2.80. The van der Waals surface area contributed by atoms with Crippen molar-refractivity contribution in [3.63, 3.8) is 0 Å². The number of aromatic hydroxyl groups is 1. The highest BCUT2D eigenvalue weighted by Crippen LogP contribution is 2.31. The number of hydrogen-bond acceptors (Lipinski definition) is 2. The third-order valence-corrected chi connectivity index (χ3v) is 5.00. The average molecular weight is 330 g/mol. The van der Waals surface area contributed by atoms with Crippen molar-refractivity contribution < 1.29 is 19.0 Å². The van der Waals surface area contributed by atoms with Gasteiger partial charge in [-0.1, -0.05) is 21.3 Å². The number of phenols is 1. The number of aryl methyl sites for hydroxylation is 2. The highest BCUT2D eigenvalue weighted by atomic mass is 16.5. The van der Waals surface area contributed by atoms with Gasteiger partial charge in [0.1, 0.15) is 0 Å². The summed E-state index contributed by atoms with van der Waals surface area (Å²) >= 11 is 0. The van der Waals surface area contributed by atoms with Crippen LogP contribution in [0.1, 0.15) is 17.7 Å². The molecule has 1 N–H and O–H groups in total. The first kappa shape index (κ1) is 14.2. The highest BCUT2D eigenvalue weighted by molar-refractivity contribution is 5.83. The number of benzene rings is 2. The molecule has 2 aromatic carbocycles. The number of pyridine rings is 2. The molecule has 2 aromatic heterocycles. The van der Waals surface area contributed by atoms with Crippen molar-refractivity contribution in [2.75, 3.05) is 0 Å². The van der Waals surface area contributed by atoms with Gasteiger partial charge in [-0.05, 0) is 36.4 Å². The number of para-hydroxylation sites is 2. The maximum Gasteiger partial charge on any atom is 0.518 e. The average Bonchev–Trinajstić information content (AvgIpc) is 3.00. The molecule has 25 heavy (non-hydrogen) atoms. The Morgan fingerprint density at radius 3 is 2.08 bits per heavy atom. The van der Waals surface area contributed by atoms with Gasteiger partial charge in [0.25, 0.3) is 11.0 Å². The van der Waals surface area contributed by atoms with E-state index in [1.165, 1.54) is 0 Å². The van der Waals surface area contributed by atoms with E-state index in [9.17, 15) is 5.11 Å². The van der Waals surface area contributed by atoms with Crippen molar-refractivity contribution in [1.29, 1.82) is 0 Å². The number of phenolic OH excluding ortho intramolecular Hbond substituents is 1. The standard InChI is InChI=1S/C21H17N2O2/c1-13-9-11-15-5-3-7-17(24)19(15)22(13)21-23-14(2)10-12-16-6-4-8-18(25-21)20(16)23/h3-12,21H,1-2H3/q+1/p+1/t21-/m1/s1. The molecule has 122 valence electrons. The normalized spacial score (nSPS) is 15.7. The minimum atomic E-state index is -0.363. The fourth-order valence-electron chi connectivity index (χ4n) is 3.81. The second kappa shape index (κ2) is 4.93. The van der Waals surface area contributed by atoms with E-state index in [1.807, 2.05) is 37.3 Å². The van der Waals surface area contributed by atoms with Crippen LogP contribution in [0.15, 0.2) is 60.7 Å². The first-order valence-electron chi connectivity index (χ1n) is 8.38. The fourth-order valence-corrected chi connectivity index (χ4v) is 3.81. The van der Waals surface area contributed by atoms with Crippen molar-refractivity contribution in [3.8, 4) is 11.5 Å². The zero-order valence-corrected chi connectivity index (χ0v) is 14.1. The van der Waals surface area contributed by atoms with Gasteiger partial charge < -0.3 is 9.84 Å². The molecule has 0 aliphatic carbocycles. The van der Waals surface area contributed by atoms with Crippen molar-refractivity contribution in [2.45, 2.75) is 20.2 Å². The SMILES string of the molecule is Cc1ccc2cccc(O)c2[n+]1[C@H]1Oc2cccc3ccc(C)[n+]1c23. The van der Waals surface area contributed by atoms with E-state index in [-0.39, 0.29) is 12.1 Å². The zero-order valence-electron chi connectivity index (χ0n) is 14.1. The molecule has 0 amide bonds. The predicted octanol–water partition coefficient (Wildman–Crippen LogP) is 3.29. The van der Waals surface area contributed by atoms with E-state index in [0.717, 1.165) is 38.9 Å². The summed E-state index contributed by atoms with van der Waals surface area (Å²) in [5.41, 5.74) is 4.01. The number of ether oxygens (including phenoxy) is 1. The van der Waals surface area contributed by atoms with Crippen LogP contribution in [0.3, 0.4) is 0 Å². The van der Waals surface area contributed by atoms with Gasteiger partial charge in [0.2, 0.25) is 5.75 Å². The Morgan fingerprint density at radius 2 is 1.36 bits per heavy atom. The van der Waals surface area contributed by atoms with E-state index in [4.69, 9.17) is 4.74 Å². The molecule has 1 atom stereocenters. The fraction of sp³-hybridized carbons (Fsp3) is 0.143. The monoisotopic (exact) mass is 330 g/mol. The van der Waals surface area contributed by atoms with Crippen LogP contribution in [0.25, 0.3) is 21.8 Å².